The number of rotatable bonds is 5. The lowest BCUT2D eigenvalue weighted by Crippen LogP contribution is -2.28. The predicted molar refractivity (Wildman–Crippen MR) is 93.6 cm³/mol. The van der Waals surface area contributed by atoms with Gasteiger partial charge in [-0.15, -0.1) is 12.4 Å². The maximum atomic E-state index is 12.1. The number of nitrogens with one attached hydrogen (secondary N) is 2. The van der Waals surface area contributed by atoms with Crippen LogP contribution in [0.2, 0.25) is 0 Å². The smallest absolute Gasteiger partial charge is 0.227 e. The molecule has 2 aliphatic rings. The molecular formula is C17H24ClN3O2. The Labute approximate surface area is 142 Å². The van der Waals surface area contributed by atoms with Gasteiger partial charge in [0.25, 0.3) is 0 Å². The van der Waals surface area contributed by atoms with Gasteiger partial charge in [-0.3, -0.25) is 9.59 Å². The zero-order valence-electron chi connectivity index (χ0n) is 13.1. The summed E-state index contributed by atoms with van der Waals surface area (Å²) in [4.78, 5) is 23.9. The number of anilines is 2. The Morgan fingerprint density at radius 1 is 1.09 bits per heavy atom. The summed E-state index contributed by atoms with van der Waals surface area (Å²) in [6, 6.07) is 7.45. The highest BCUT2D eigenvalue weighted by molar-refractivity contribution is 5.96. The maximum absolute atomic E-state index is 12.1. The summed E-state index contributed by atoms with van der Waals surface area (Å²) in [6.45, 7) is 0. The van der Waals surface area contributed by atoms with Crippen molar-refractivity contribution < 1.29 is 9.59 Å². The van der Waals surface area contributed by atoms with Crippen molar-refractivity contribution >= 4 is 35.6 Å². The number of benzene rings is 1. The van der Waals surface area contributed by atoms with Gasteiger partial charge in [-0.25, -0.2) is 0 Å². The zero-order chi connectivity index (χ0) is 15.5. The molecule has 4 N–H and O–H groups in total. The average molecular weight is 338 g/mol. The molecular weight excluding hydrogens is 314 g/mol. The molecule has 2 fully saturated rings. The molecule has 0 spiro atoms. The second-order valence-electron chi connectivity index (χ2n) is 6.45. The fraction of sp³-hybridized carbons (Fsp3) is 0.529. The molecule has 2 atom stereocenters. The van der Waals surface area contributed by atoms with Crippen LogP contribution in [-0.2, 0) is 9.59 Å². The summed E-state index contributed by atoms with van der Waals surface area (Å²) < 4.78 is 0. The van der Waals surface area contributed by atoms with Crippen LogP contribution in [0.15, 0.2) is 24.3 Å². The van der Waals surface area contributed by atoms with E-state index in [4.69, 9.17) is 5.73 Å². The third kappa shape index (κ3) is 4.94. The molecule has 0 heterocycles. The molecule has 5 nitrogen and oxygen atoms in total. The Balaban J connectivity index is 0.00000192. The lowest BCUT2D eigenvalue weighted by molar-refractivity contribution is -0.118. The monoisotopic (exact) mass is 337 g/mol. The summed E-state index contributed by atoms with van der Waals surface area (Å²) >= 11 is 0. The average Bonchev–Trinajstić information content (AvgIpc) is 3.25. The minimum atomic E-state index is -0.00646. The summed E-state index contributed by atoms with van der Waals surface area (Å²) in [7, 11) is 0. The largest absolute Gasteiger partial charge is 0.327 e. The van der Waals surface area contributed by atoms with E-state index >= 15 is 0 Å². The van der Waals surface area contributed by atoms with Crippen molar-refractivity contribution in [3.8, 4) is 0 Å². The van der Waals surface area contributed by atoms with Gasteiger partial charge in [-0.2, -0.15) is 0 Å². The predicted octanol–water partition coefficient (Wildman–Crippen LogP) is 2.91. The van der Waals surface area contributed by atoms with Crippen molar-refractivity contribution in [3.05, 3.63) is 24.3 Å². The molecule has 0 saturated heterocycles. The van der Waals surface area contributed by atoms with Gasteiger partial charge in [-0.05, 0) is 49.8 Å². The van der Waals surface area contributed by atoms with E-state index in [-0.39, 0.29) is 42.1 Å². The molecule has 23 heavy (non-hydrogen) atoms. The first-order chi connectivity index (χ1) is 10.6. The molecule has 0 aliphatic heterocycles. The molecule has 0 unspecified atom stereocenters. The van der Waals surface area contributed by atoms with Crippen LogP contribution in [-0.4, -0.2) is 17.9 Å². The van der Waals surface area contributed by atoms with Gasteiger partial charge >= 0.3 is 0 Å². The Morgan fingerprint density at radius 3 is 2.39 bits per heavy atom. The van der Waals surface area contributed by atoms with Gasteiger partial charge in [0, 0.05) is 29.8 Å². The third-order valence-corrected chi connectivity index (χ3v) is 4.53. The quantitative estimate of drug-likeness (QED) is 0.772. The lowest BCUT2D eigenvalue weighted by atomic mass is 10.00. The first kappa shape index (κ1) is 17.8. The van der Waals surface area contributed by atoms with Crippen molar-refractivity contribution in [1.82, 2.24) is 0 Å². The van der Waals surface area contributed by atoms with E-state index in [1.807, 2.05) is 18.2 Å². The van der Waals surface area contributed by atoms with E-state index < -0.39 is 0 Å². The van der Waals surface area contributed by atoms with Gasteiger partial charge in [0.05, 0.1) is 0 Å². The molecule has 126 valence electrons. The van der Waals surface area contributed by atoms with E-state index in [1.54, 1.807) is 6.07 Å². The summed E-state index contributed by atoms with van der Waals surface area (Å²) in [5.41, 5.74) is 7.45. The molecule has 0 bridgehead atoms. The Morgan fingerprint density at radius 2 is 1.78 bits per heavy atom. The Hall–Kier alpha value is -1.59. The molecule has 0 radical (unpaired) electrons. The van der Waals surface area contributed by atoms with Gasteiger partial charge < -0.3 is 16.4 Å². The summed E-state index contributed by atoms with van der Waals surface area (Å²) in [6.07, 6.45) is 5.59. The topological polar surface area (TPSA) is 84.2 Å². The number of amides is 2. The van der Waals surface area contributed by atoms with Gasteiger partial charge in [-0.1, -0.05) is 12.5 Å². The molecule has 6 heteroatoms. The molecule has 0 aromatic heterocycles. The first-order valence-electron chi connectivity index (χ1n) is 8.08. The van der Waals surface area contributed by atoms with Crippen LogP contribution in [0.3, 0.4) is 0 Å². The fourth-order valence-electron chi connectivity index (χ4n) is 3.03. The zero-order valence-corrected chi connectivity index (χ0v) is 13.9. The first-order valence-corrected chi connectivity index (χ1v) is 8.08. The van der Waals surface area contributed by atoms with E-state index in [1.165, 1.54) is 0 Å². The minimum Gasteiger partial charge on any atom is -0.327 e. The molecule has 2 amide bonds. The van der Waals surface area contributed by atoms with Crippen LogP contribution in [0.5, 0.6) is 0 Å². The SMILES string of the molecule is Cl.N[C@@H]1CCC[C@H]1CC(=O)Nc1cccc(NC(=O)C2CC2)c1. The van der Waals surface area contributed by atoms with E-state index in [9.17, 15) is 9.59 Å². The number of nitrogens with two attached hydrogens (primary N) is 1. The van der Waals surface area contributed by atoms with Crippen LogP contribution in [0.25, 0.3) is 0 Å². The highest BCUT2D eigenvalue weighted by atomic mass is 35.5. The highest BCUT2D eigenvalue weighted by Crippen LogP contribution is 2.30. The maximum Gasteiger partial charge on any atom is 0.227 e. The van der Waals surface area contributed by atoms with E-state index in [2.05, 4.69) is 10.6 Å². The lowest BCUT2D eigenvalue weighted by Gasteiger charge is -2.15. The summed E-state index contributed by atoms with van der Waals surface area (Å²) in [5.74, 6) is 0.522. The van der Waals surface area contributed by atoms with Gasteiger partial charge in [0.2, 0.25) is 11.8 Å². The molecule has 1 aromatic carbocycles. The highest BCUT2D eigenvalue weighted by Gasteiger charge is 2.29. The van der Waals surface area contributed by atoms with Crippen LogP contribution < -0.4 is 16.4 Å². The second kappa shape index (κ2) is 7.79. The number of carbonyl (C=O) groups is 2. The molecule has 3 rings (SSSR count). The number of hydrogen-bond donors (Lipinski definition) is 3. The van der Waals surface area contributed by atoms with Gasteiger partial charge in [0.1, 0.15) is 0 Å². The number of carbonyl (C=O) groups excluding carboxylic acids is 2. The fourth-order valence-corrected chi connectivity index (χ4v) is 3.03. The van der Waals surface area contributed by atoms with Gasteiger partial charge in [0.15, 0.2) is 0 Å². The van der Waals surface area contributed by atoms with Crippen molar-refractivity contribution in [1.29, 1.82) is 0 Å². The van der Waals surface area contributed by atoms with Crippen molar-refractivity contribution in [2.45, 2.75) is 44.6 Å². The van der Waals surface area contributed by atoms with Crippen molar-refractivity contribution in [2.24, 2.45) is 17.6 Å². The van der Waals surface area contributed by atoms with E-state index in [0.717, 1.165) is 37.8 Å². The minimum absolute atomic E-state index is 0. The van der Waals surface area contributed by atoms with Crippen LogP contribution in [0.1, 0.15) is 38.5 Å². The van der Waals surface area contributed by atoms with Crippen molar-refractivity contribution in [2.75, 3.05) is 10.6 Å². The molecule has 1 aromatic rings. The molecule has 2 aliphatic carbocycles. The molecule has 2 saturated carbocycles. The standard InChI is InChI=1S/C17H23N3O2.ClH/c18-15-6-1-3-12(15)9-16(21)19-13-4-2-5-14(10-13)20-17(22)11-7-8-11;/h2,4-5,10-12,15H,1,3,6-9,18H2,(H,19,21)(H,20,22);1H/t12-,15+;/m0./s1. The number of hydrogen-bond acceptors (Lipinski definition) is 3. The van der Waals surface area contributed by atoms with Crippen LogP contribution >= 0.6 is 12.4 Å². The normalized spacial score (nSPS) is 23.0. The van der Waals surface area contributed by atoms with E-state index in [0.29, 0.717) is 12.1 Å². The summed E-state index contributed by atoms with van der Waals surface area (Å²) in [5, 5.41) is 5.79. The second-order valence-corrected chi connectivity index (χ2v) is 6.45. The third-order valence-electron chi connectivity index (χ3n) is 4.53. The van der Waals surface area contributed by atoms with Crippen LogP contribution in [0.4, 0.5) is 11.4 Å². The number of halogens is 1. The van der Waals surface area contributed by atoms with Crippen LogP contribution in [0, 0.1) is 11.8 Å². The Kier molecular flexibility index (Phi) is 6.02. The van der Waals surface area contributed by atoms with Crippen molar-refractivity contribution in [3.63, 3.8) is 0 Å². The Bertz CT molecular complexity index is 575.